The van der Waals surface area contributed by atoms with Gasteiger partial charge in [-0.2, -0.15) is 0 Å². The Balaban J connectivity index is 2.34. The van der Waals surface area contributed by atoms with Crippen LogP contribution in [-0.4, -0.2) is 18.1 Å². The maximum Gasteiger partial charge on any atom is 0.0639 e. The summed E-state index contributed by atoms with van der Waals surface area (Å²) in [6, 6.07) is 8.25. The number of halogens is 1. The first-order valence-corrected chi connectivity index (χ1v) is 6.16. The average molecular weight is 239 g/mol. The van der Waals surface area contributed by atoms with Crippen molar-refractivity contribution < 1.29 is 0 Å². The van der Waals surface area contributed by atoms with Gasteiger partial charge in [-0.3, -0.25) is 0 Å². The van der Waals surface area contributed by atoms with E-state index in [0.29, 0.717) is 0 Å². The molecule has 0 aromatic heterocycles. The maximum absolute atomic E-state index is 6.25. The average Bonchev–Trinajstić information content (AvgIpc) is 2.23. The molecule has 0 aliphatic carbocycles. The van der Waals surface area contributed by atoms with E-state index in [1.54, 1.807) is 0 Å². The smallest absolute Gasteiger partial charge is 0.0639 e. The molecule has 88 valence electrons. The molecule has 1 aliphatic heterocycles. The van der Waals surface area contributed by atoms with Crippen molar-refractivity contribution in [2.24, 2.45) is 5.73 Å². The lowest BCUT2D eigenvalue weighted by atomic mass is 9.88. The third-order valence-electron chi connectivity index (χ3n) is 3.42. The second kappa shape index (κ2) is 4.27. The molecular weight excluding hydrogens is 220 g/mol. The van der Waals surface area contributed by atoms with E-state index in [4.69, 9.17) is 17.3 Å². The number of benzene rings is 1. The fraction of sp³-hybridized carbons (Fsp3) is 0.538. The van der Waals surface area contributed by atoms with E-state index in [2.05, 4.69) is 24.8 Å². The van der Waals surface area contributed by atoms with Gasteiger partial charge >= 0.3 is 0 Å². The lowest BCUT2D eigenvalue weighted by molar-refractivity contribution is 0.335. The molecule has 2 rings (SSSR count). The quantitative estimate of drug-likeness (QED) is 0.815. The van der Waals surface area contributed by atoms with Crippen LogP contribution in [0.4, 0.5) is 5.69 Å². The Bertz CT molecular complexity index is 376. The highest BCUT2D eigenvalue weighted by atomic mass is 35.5. The normalized spacial score (nSPS) is 24.5. The molecule has 1 heterocycles. The number of nitrogens with zero attached hydrogens (tertiary/aromatic N) is 1. The predicted octanol–water partition coefficient (Wildman–Crippen LogP) is 3.05. The molecule has 0 amide bonds. The Morgan fingerprint density at radius 3 is 2.75 bits per heavy atom. The van der Waals surface area contributed by atoms with Crippen LogP contribution in [0.1, 0.15) is 26.7 Å². The van der Waals surface area contributed by atoms with Crippen LogP contribution in [0, 0.1) is 0 Å². The van der Waals surface area contributed by atoms with Gasteiger partial charge < -0.3 is 10.6 Å². The summed E-state index contributed by atoms with van der Waals surface area (Å²) < 4.78 is 0. The van der Waals surface area contributed by atoms with Crippen molar-refractivity contribution in [3.8, 4) is 0 Å². The maximum atomic E-state index is 6.25. The highest BCUT2D eigenvalue weighted by Gasteiger charge is 2.33. The van der Waals surface area contributed by atoms with Crippen molar-refractivity contribution in [1.29, 1.82) is 0 Å². The summed E-state index contributed by atoms with van der Waals surface area (Å²) in [7, 11) is 0. The van der Waals surface area contributed by atoms with Gasteiger partial charge in [0.2, 0.25) is 0 Å². The number of nitrogens with two attached hydrogens (primary N) is 1. The molecule has 0 bridgehead atoms. The van der Waals surface area contributed by atoms with Gasteiger partial charge in [-0.25, -0.2) is 0 Å². The van der Waals surface area contributed by atoms with E-state index >= 15 is 0 Å². The van der Waals surface area contributed by atoms with Crippen LogP contribution in [0.2, 0.25) is 5.02 Å². The zero-order valence-electron chi connectivity index (χ0n) is 9.91. The number of piperidine rings is 1. The number of hydrogen-bond donors (Lipinski definition) is 1. The van der Waals surface area contributed by atoms with Crippen LogP contribution < -0.4 is 10.6 Å². The first-order valence-electron chi connectivity index (χ1n) is 5.78. The molecule has 3 heteroatoms. The van der Waals surface area contributed by atoms with E-state index in [9.17, 15) is 0 Å². The molecule has 2 N–H and O–H groups in total. The molecule has 1 aromatic carbocycles. The Morgan fingerprint density at radius 1 is 1.38 bits per heavy atom. The van der Waals surface area contributed by atoms with E-state index in [-0.39, 0.29) is 11.6 Å². The second-order valence-corrected chi connectivity index (χ2v) is 5.58. The molecule has 1 unspecified atom stereocenters. The lowest BCUT2D eigenvalue weighted by Gasteiger charge is -2.46. The minimum atomic E-state index is 0.140. The minimum absolute atomic E-state index is 0.140. The highest BCUT2D eigenvalue weighted by Crippen LogP contribution is 2.35. The van der Waals surface area contributed by atoms with Crippen molar-refractivity contribution >= 4 is 17.3 Å². The number of anilines is 1. The monoisotopic (exact) mass is 238 g/mol. The first-order chi connectivity index (χ1) is 7.50. The van der Waals surface area contributed by atoms with Gasteiger partial charge in [0.05, 0.1) is 10.7 Å². The van der Waals surface area contributed by atoms with Crippen LogP contribution in [0.3, 0.4) is 0 Å². The molecule has 1 atom stereocenters. The summed E-state index contributed by atoms with van der Waals surface area (Å²) in [6.45, 7) is 5.39. The van der Waals surface area contributed by atoms with Gasteiger partial charge in [-0.15, -0.1) is 0 Å². The first kappa shape index (κ1) is 11.7. The highest BCUT2D eigenvalue weighted by molar-refractivity contribution is 6.33. The van der Waals surface area contributed by atoms with Crippen molar-refractivity contribution in [2.75, 3.05) is 11.4 Å². The fourth-order valence-electron chi connectivity index (χ4n) is 2.34. The summed E-state index contributed by atoms with van der Waals surface area (Å²) in [5, 5.41) is 0.810. The number of rotatable bonds is 1. The van der Waals surface area contributed by atoms with E-state index in [1.165, 1.54) is 0 Å². The largest absolute Gasteiger partial charge is 0.364 e. The molecule has 0 radical (unpaired) electrons. The predicted molar refractivity (Wildman–Crippen MR) is 70.1 cm³/mol. The summed E-state index contributed by atoms with van der Waals surface area (Å²) in [5.41, 5.74) is 7.29. The molecule has 16 heavy (non-hydrogen) atoms. The molecular formula is C13H19ClN2. The zero-order chi connectivity index (χ0) is 11.8. The summed E-state index contributed by atoms with van der Waals surface area (Å²) in [5.74, 6) is 0. The van der Waals surface area contributed by atoms with Crippen molar-refractivity contribution in [1.82, 2.24) is 0 Å². The van der Waals surface area contributed by atoms with Gasteiger partial charge in [0.25, 0.3) is 0 Å². The second-order valence-electron chi connectivity index (χ2n) is 5.17. The topological polar surface area (TPSA) is 29.3 Å². The van der Waals surface area contributed by atoms with Crippen LogP contribution >= 0.6 is 11.6 Å². The molecule has 1 aliphatic rings. The molecule has 0 spiro atoms. The minimum Gasteiger partial charge on any atom is -0.364 e. The third-order valence-corrected chi connectivity index (χ3v) is 3.74. The number of para-hydroxylation sites is 1. The standard InChI is InChI=1S/C13H19ClN2/c1-13(2)8-7-10(15)9-16(13)12-6-4-3-5-11(12)14/h3-6,10H,7-9,15H2,1-2H3. The number of hydrogen-bond acceptors (Lipinski definition) is 2. The molecule has 1 saturated heterocycles. The lowest BCUT2D eigenvalue weighted by Crippen LogP contribution is -2.54. The van der Waals surface area contributed by atoms with Gasteiger partial charge in [0.1, 0.15) is 0 Å². The van der Waals surface area contributed by atoms with Gasteiger partial charge in [0, 0.05) is 18.1 Å². The van der Waals surface area contributed by atoms with Gasteiger partial charge in [0.15, 0.2) is 0 Å². The van der Waals surface area contributed by atoms with Crippen molar-refractivity contribution in [2.45, 2.75) is 38.3 Å². The fourth-order valence-corrected chi connectivity index (χ4v) is 2.58. The SMILES string of the molecule is CC1(C)CCC(N)CN1c1ccccc1Cl. The van der Waals surface area contributed by atoms with Crippen LogP contribution in [0.25, 0.3) is 0 Å². The van der Waals surface area contributed by atoms with Crippen LogP contribution in [0.15, 0.2) is 24.3 Å². The molecule has 1 aromatic rings. The van der Waals surface area contributed by atoms with Gasteiger partial charge in [-0.05, 0) is 38.8 Å². The Hall–Kier alpha value is -0.730. The van der Waals surface area contributed by atoms with Crippen LogP contribution in [0.5, 0.6) is 0 Å². The Morgan fingerprint density at radius 2 is 2.06 bits per heavy atom. The molecule has 2 nitrogen and oxygen atoms in total. The zero-order valence-corrected chi connectivity index (χ0v) is 10.7. The summed E-state index contributed by atoms with van der Waals surface area (Å²) in [6.07, 6.45) is 2.20. The Kier molecular flexibility index (Phi) is 3.13. The summed E-state index contributed by atoms with van der Waals surface area (Å²) in [4.78, 5) is 2.34. The van der Waals surface area contributed by atoms with E-state index < -0.39 is 0 Å². The van der Waals surface area contributed by atoms with Crippen molar-refractivity contribution in [3.63, 3.8) is 0 Å². The van der Waals surface area contributed by atoms with Gasteiger partial charge in [-0.1, -0.05) is 23.7 Å². The van der Waals surface area contributed by atoms with Crippen LogP contribution in [-0.2, 0) is 0 Å². The molecule has 0 saturated carbocycles. The van der Waals surface area contributed by atoms with E-state index in [0.717, 1.165) is 30.1 Å². The Labute approximate surface area is 102 Å². The summed E-state index contributed by atoms with van der Waals surface area (Å²) >= 11 is 6.25. The third kappa shape index (κ3) is 2.18. The van der Waals surface area contributed by atoms with Crippen molar-refractivity contribution in [3.05, 3.63) is 29.3 Å². The molecule has 1 fully saturated rings. The van der Waals surface area contributed by atoms with E-state index in [1.807, 2.05) is 18.2 Å².